The van der Waals surface area contributed by atoms with Crippen molar-refractivity contribution in [3.05, 3.63) is 34.3 Å². The number of alkyl halides is 2. The summed E-state index contributed by atoms with van der Waals surface area (Å²) >= 11 is 1.56. The van der Waals surface area contributed by atoms with Crippen LogP contribution in [0.25, 0.3) is 21.6 Å². The average molecular weight is 319 g/mol. The maximum Gasteiger partial charge on any atom is 0.264 e. The van der Waals surface area contributed by atoms with Crippen LogP contribution in [0.3, 0.4) is 0 Å². The highest BCUT2D eigenvalue weighted by molar-refractivity contribution is 7.15. The third-order valence-electron chi connectivity index (χ3n) is 4.04. The molecule has 0 atom stereocenters. The predicted molar refractivity (Wildman–Crippen MR) is 83.5 cm³/mol. The smallest absolute Gasteiger partial charge is 0.250 e. The normalized spacial score (nSPS) is 15.1. The van der Waals surface area contributed by atoms with E-state index < -0.39 is 6.43 Å². The Bertz CT molecular complexity index is 862. The maximum absolute atomic E-state index is 13.6. The summed E-state index contributed by atoms with van der Waals surface area (Å²) < 4.78 is 28.9. The number of fused-ring (bicyclic) bond motifs is 1. The van der Waals surface area contributed by atoms with Crippen molar-refractivity contribution in [2.75, 3.05) is 0 Å². The van der Waals surface area contributed by atoms with E-state index in [0.717, 1.165) is 28.3 Å². The summed E-state index contributed by atoms with van der Waals surface area (Å²) in [5.74, 6) is 0.317. The topological polar surface area (TPSA) is 30.7 Å². The third kappa shape index (κ3) is 2.13. The Balaban J connectivity index is 2.00. The minimum absolute atomic E-state index is 0.0565. The minimum atomic E-state index is -2.52. The number of aryl methyl sites for hydroxylation is 2. The van der Waals surface area contributed by atoms with Crippen molar-refractivity contribution in [3.8, 4) is 10.6 Å². The van der Waals surface area contributed by atoms with Gasteiger partial charge < -0.3 is 0 Å². The lowest BCUT2D eigenvalue weighted by Gasteiger charge is -2.06. The number of halogens is 2. The highest BCUT2D eigenvalue weighted by atomic mass is 32.1. The third-order valence-corrected chi connectivity index (χ3v) is 5.07. The number of thiophene rings is 1. The first kappa shape index (κ1) is 13.8. The largest absolute Gasteiger partial charge is 0.264 e. The molecule has 3 aromatic heterocycles. The predicted octanol–water partition coefficient (Wildman–Crippen LogP) is 4.82. The molecule has 1 saturated carbocycles. The van der Waals surface area contributed by atoms with Crippen LogP contribution >= 0.6 is 11.3 Å². The second-order valence-corrected chi connectivity index (χ2v) is 7.08. The van der Waals surface area contributed by atoms with Crippen LogP contribution in [0.5, 0.6) is 0 Å². The highest BCUT2D eigenvalue weighted by Crippen LogP contribution is 2.45. The monoisotopic (exact) mass is 319 g/mol. The van der Waals surface area contributed by atoms with E-state index >= 15 is 0 Å². The van der Waals surface area contributed by atoms with Gasteiger partial charge in [0.25, 0.3) is 6.43 Å². The van der Waals surface area contributed by atoms with Crippen molar-refractivity contribution in [3.63, 3.8) is 0 Å². The fraction of sp³-hybridized carbons (Fsp3) is 0.375. The van der Waals surface area contributed by atoms with Crippen LogP contribution in [-0.4, -0.2) is 14.8 Å². The lowest BCUT2D eigenvalue weighted by atomic mass is 10.1. The molecule has 4 rings (SSSR count). The van der Waals surface area contributed by atoms with Crippen molar-refractivity contribution in [1.82, 2.24) is 14.8 Å². The van der Waals surface area contributed by atoms with E-state index in [2.05, 4.69) is 10.1 Å². The molecule has 1 aliphatic carbocycles. The maximum atomic E-state index is 13.6. The Kier molecular flexibility index (Phi) is 3.04. The van der Waals surface area contributed by atoms with Gasteiger partial charge in [0.2, 0.25) is 0 Å². The van der Waals surface area contributed by atoms with E-state index in [-0.39, 0.29) is 5.56 Å². The van der Waals surface area contributed by atoms with Crippen molar-refractivity contribution in [1.29, 1.82) is 0 Å². The van der Waals surface area contributed by atoms with E-state index in [1.54, 1.807) is 23.1 Å². The standard InChI is InChI=1S/C16H15F2N3S/c1-8-3-6-12(22-8)11-7-10(15(17)18)13-14(9-4-5-9)20-21(2)16(13)19-11/h3,6-7,9,15H,4-5H2,1-2H3. The molecule has 3 nitrogen and oxygen atoms in total. The molecule has 22 heavy (non-hydrogen) atoms. The fourth-order valence-electron chi connectivity index (χ4n) is 2.82. The second kappa shape index (κ2) is 4.84. The zero-order valence-corrected chi connectivity index (χ0v) is 13.1. The zero-order valence-electron chi connectivity index (χ0n) is 12.3. The molecule has 3 aromatic rings. The molecule has 1 aliphatic rings. The van der Waals surface area contributed by atoms with Crippen LogP contribution in [0, 0.1) is 6.92 Å². The van der Waals surface area contributed by atoms with Gasteiger partial charge in [-0.05, 0) is 38.0 Å². The Hall–Kier alpha value is -1.82. The van der Waals surface area contributed by atoms with Crippen LogP contribution in [0.15, 0.2) is 18.2 Å². The van der Waals surface area contributed by atoms with Gasteiger partial charge in [-0.15, -0.1) is 11.3 Å². The molecule has 0 N–H and O–H groups in total. The highest BCUT2D eigenvalue weighted by Gasteiger charge is 2.32. The molecular weight excluding hydrogens is 304 g/mol. The molecule has 0 aliphatic heterocycles. The van der Waals surface area contributed by atoms with Gasteiger partial charge in [-0.3, -0.25) is 4.68 Å². The van der Waals surface area contributed by atoms with Gasteiger partial charge in [0, 0.05) is 23.4 Å². The summed E-state index contributed by atoms with van der Waals surface area (Å²) in [6.45, 7) is 2.00. The quantitative estimate of drug-likeness (QED) is 0.693. The first-order valence-electron chi connectivity index (χ1n) is 7.27. The molecule has 114 valence electrons. The summed E-state index contributed by atoms with van der Waals surface area (Å²) in [4.78, 5) is 6.66. The Morgan fingerprint density at radius 1 is 1.32 bits per heavy atom. The molecule has 3 heterocycles. The summed E-state index contributed by atoms with van der Waals surface area (Å²) in [5, 5.41) is 5.01. The van der Waals surface area contributed by atoms with Crippen molar-refractivity contribution in [2.45, 2.75) is 32.1 Å². The number of pyridine rings is 1. The van der Waals surface area contributed by atoms with Gasteiger partial charge in [0.1, 0.15) is 0 Å². The second-order valence-electron chi connectivity index (χ2n) is 5.79. The van der Waals surface area contributed by atoms with Gasteiger partial charge in [-0.1, -0.05) is 0 Å². The van der Waals surface area contributed by atoms with E-state index in [4.69, 9.17) is 0 Å². The molecule has 0 unspecified atom stereocenters. The summed E-state index contributed by atoms with van der Waals surface area (Å²) in [5.41, 5.74) is 2.00. The van der Waals surface area contributed by atoms with E-state index in [9.17, 15) is 8.78 Å². The molecule has 0 aromatic carbocycles. The first-order valence-corrected chi connectivity index (χ1v) is 8.08. The summed E-state index contributed by atoms with van der Waals surface area (Å²) in [6.07, 6.45) is -0.464. The van der Waals surface area contributed by atoms with Gasteiger partial charge in [-0.25, -0.2) is 13.8 Å². The van der Waals surface area contributed by atoms with Crippen LogP contribution in [0.4, 0.5) is 8.78 Å². The average Bonchev–Trinajstić information content (AvgIpc) is 3.16. The number of aromatic nitrogens is 3. The van der Waals surface area contributed by atoms with Gasteiger partial charge >= 0.3 is 0 Å². The Labute approximate surface area is 130 Å². The van der Waals surface area contributed by atoms with E-state index in [0.29, 0.717) is 22.6 Å². The Morgan fingerprint density at radius 2 is 2.09 bits per heavy atom. The van der Waals surface area contributed by atoms with Crippen LogP contribution in [0.2, 0.25) is 0 Å². The first-order chi connectivity index (χ1) is 10.5. The van der Waals surface area contributed by atoms with Gasteiger partial charge in [0.05, 0.1) is 21.7 Å². The Morgan fingerprint density at radius 3 is 2.68 bits per heavy atom. The fourth-order valence-corrected chi connectivity index (χ4v) is 3.65. The van der Waals surface area contributed by atoms with Crippen molar-refractivity contribution >= 4 is 22.4 Å². The number of hydrogen-bond acceptors (Lipinski definition) is 3. The lowest BCUT2D eigenvalue weighted by Crippen LogP contribution is -1.95. The molecule has 0 amide bonds. The molecule has 0 bridgehead atoms. The van der Waals surface area contributed by atoms with Crippen LogP contribution < -0.4 is 0 Å². The number of rotatable bonds is 3. The molecule has 6 heteroatoms. The van der Waals surface area contributed by atoms with Crippen LogP contribution in [-0.2, 0) is 7.05 Å². The summed E-state index contributed by atoms with van der Waals surface area (Å²) in [7, 11) is 1.78. The minimum Gasteiger partial charge on any atom is -0.250 e. The zero-order chi connectivity index (χ0) is 15.4. The van der Waals surface area contributed by atoms with Gasteiger partial charge in [-0.2, -0.15) is 5.10 Å². The van der Waals surface area contributed by atoms with Gasteiger partial charge in [0.15, 0.2) is 5.65 Å². The molecule has 0 spiro atoms. The van der Waals surface area contributed by atoms with E-state index in [1.165, 1.54) is 6.07 Å². The molecule has 0 radical (unpaired) electrons. The molecular formula is C16H15F2N3S. The van der Waals surface area contributed by atoms with Crippen molar-refractivity contribution in [2.24, 2.45) is 7.05 Å². The number of nitrogens with zero attached hydrogens (tertiary/aromatic N) is 3. The van der Waals surface area contributed by atoms with Crippen molar-refractivity contribution < 1.29 is 8.78 Å². The molecule has 0 saturated heterocycles. The number of hydrogen-bond donors (Lipinski definition) is 0. The SMILES string of the molecule is Cc1ccc(-c2cc(C(F)F)c3c(C4CC4)nn(C)c3n2)s1. The summed E-state index contributed by atoms with van der Waals surface area (Å²) in [6, 6.07) is 5.44. The van der Waals surface area contributed by atoms with Crippen LogP contribution in [0.1, 0.15) is 41.3 Å². The van der Waals surface area contributed by atoms with E-state index in [1.807, 2.05) is 19.1 Å². The molecule has 1 fully saturated rings. The lowest BCUT2D eigenvalue weighted by molar-refractivity contribution is 0.153.